The van der Waals surface area contributed by atoms with Crippen LogP contribution in [0.5, 0.6) is 0 Å². The molecule has 1 aliphatic heterocycles. The molecule has 0 aliphatic carbocycles. The molecule has 0 amide bonds. The Hall–Kier alpha value is -1.27. The quantitative estimate of drug-likeness (QED) is 0.792. The lowest BCUT2D eigenvalue weighted by atomic mass is 9.91. The van der Waals surface area contributed by atoms with Crippen LogP contribution in [0.3, 0.4) is 0 Å². The van der Waals surface area contributed by atoms with Crippen LogP contribution in [0.1, 0.15) is 35.2 Å². The van der Waals surface area contributed by atoms with Crippen LogP contribution in [0.4, 0.5) is 0 Å². The van der Waals surface area contributed by atoms with Gasteiger partial charge in [-0.25, -0.2) is 12.7 Å². The molecule has 1 atom stereocenters. The van der Waals surface area contributed by atoms with Crippen molar-refractivity contribution < 1.29 is 13.2 Å². The van der Waals surface area contributed by atoms with Gasteiger partial charge in [-0.05, 0) is 37.3 Å². The molecule has 6 heteroatoms. The second-order valence-electron chi connectivity index (χ2n) is 5.45. The smallest absolute Gasteiger partial charge is 0.211 e. The highest BCUT2D eigenvalue weighted by Crippen LogP contribution is 2.23. The molecule has 0 aromatic carbocycles. The number of nitrogens with zero attached hydrogens (tertiary/aromatic N) is 2. The first-order valence-electron chi connectivity index (χ1n) is 6.77. The van der Waals surface area contributed by atoms with Crippen molar-refractivity contribution in [3.63, 3.8) is 0 Å². The summed E-state index contributed by atoms with van der Waals surface area (Å²) in [5.74, 6) is 0.154. The maximum Gasteiger partial charge on any atom is 0.211 e. The summed E-state index contributed by atoms with van der Waals surface area (Å²) in [5.41, 5.74) is 1.56. The normalized spacial score (nSPS) is 20.8. The van der Waals surface area contributed by atoms with E-state index in [2.05, 4.69) is 4.98 Å². The van der Waals surface area contributed by atoms with Gasteiger partial charge in [-0.15, -0.1) is 0 Å². The summed E-state index contributed by atoms with van der Waals surface area (Å²) >= 11 is 0. The average Bonchev–Trinajstić information content (AvgIpc) is 2.38. The fraction of sp³-hybridized carbons (Fsp3) is 0.571. The van der Waals surface area contributed by atoms with Crippen molar-refractivity contribution in [3.05, 3.63) is 29.6 Å². The average molecular weight is 296 g/mol. The van der Waals surface area contributed by atoms with Gasteiger partial charge in [0, 0.05) is 37.5 Å². The maximum atomic E-state index is 12.3. The van der Waals surface area contributed by atoms with Crippen LogP contribution in [-0.4, -0.2) is 42.8 Å². The first kappa shape index (κ1) is 15.1. The molecule has 110 valence electrons. The molecule has 1 aromatic heterocycles. The van der Waals surface area contributed by atoms with Gasteiger partial charge in [-0.2, -0.15) is 0 Å². The van der Waals surface area contributed by atoms with Gasteiger partial charge in [0.15, 0.2) is 5.78 Å². The number of ketones is 1. The van der Waals surface area contributed by atoms with Gasteiger partial charge in [-0.1, -0.05) is 0 Å². The zero-order valence-electron chi connectivity index (χ0n) is 11.9. The van der Waals surface area contributed by atoms with E-state index in [-0.39, 0.29) is 11.7 Å². The van der Waals surface area contributed by atoms with E-state index < -0.39 is 10.0 Å². The molecule has 5 nitrogen and oxygen atoms in total. The van der Waals surface area contributed by atoms with Crippen molar-refractivity contribution in [1.82, 2.24) is 9.29 Å². The number of hydrogen-bond acceptors (Lipinski definition) is 4. The van der Waals surface area contributed by atoms with E-state index in [1.165, 1.54) is 10.6 Å². The van der Waals surface area contributed by atoms with Gasteiger partial charge in [0.25, 0.3) is 0 Å². The van der Waals surface area contributed by atoms with Gasteiger partial charge in [0.05, 0.1) is 6.26 Å². The van der Waals surface area contributed by atoms with Crippen LogP contribution in [0.25, 0.3) is 0 Å². The predicted octanol–water partition coefficient (Wildman–Crippen LogP) is 1.63. The van der Waals surface area contributed by atoms with E-state index in [0.717, 1.165) is 18.4 Å². The van der Waals surface area contributed by atoms with Crippen molar-refractivity contribution in [1.29, 1.82) is 0 Å². The molecule has 2 heterocycles. The molecule has 0 N–H and O–H groups in total. The minimum absolute atomic E-state index is 0.0518. The Balaban J connectivity index is 2.03. The zero-order chi connectivity index (χ0) is 14.8. The van der Waals surface area contributed by atoms with E-state index in [9.17, 15) is 13.2 Å². The lowest BCUT2D eigenvalue weighted by Crippen LogP contribution is -2.39. The van der Waals surface area contributed by atoms with Crippen LogP contribution in [-0.2, 0) is 10.0 Å². The highest BCUT2D eigenvalue weighted by atomic mass is 32.2. The van der Waals surface area contributed by atoms with Crippen LogP contribution < -0.4 is 0 Å². The summed E-state index contributed by atoms with van der Waals surface area (Å²) in [6, 6.07) is 1.82. The first-order chi connectivity index (χ1) is 9.38. The van der Waals surface area contributed by atoms with Crippen LogP contribution in [0.15, 0.2) is 18.5 Å². The Labute approximate surface area is 120 Å². The Morgan fingerprint density at radius 3 is 2.90 bits per heavy atom. The lowest BCUT2D eigenvalue weighted by Gasteiger charge is -2.30. The molecular formula is C14H20N2O3S. The van der Waals surface area contributed by atoms with E-state index in [4.69, 9.17) is 0 Å². The minimum Gasteiger partial charge on any atom is -0.294 e. The number of hydrogen-bond donors (Lipinski definition) is 0. The molecular weight excluding hydrogens is 276 g/mol. The molecule has 1 saturated heterocycles. The number of Topliss-reactive ketones (excluding diaryl/α,β-unsaturated/α-hetero) is 1. The Bertz CT molecular complexity index is 598. The molecule has 1 unspecified atom stereocenters. The van der Waals surface area contributed by atoms with E-state index in [1.807, 2.05) is 13.0 Å². The number of pyridine rings is 1. The number of carbonyl (C=O) groups is 1. The number of aromatic nitrogens is 1. The van der Waals surface area contributed by atoms with Crippen LogP contribution in [0.2, 0.25) is 0 Å². The van der Waals surface area contributed by atoms with Gasteiger partial charge in [0.1, 0.15) is 0 Å². The third-order valence-corrected chi connectivity index (χ3v) is 5.03. The van der Waals surface area contributed by atoms with Crippen molar-refractivity contribution in [3.8, 4) is 0 Å². The second kappa shape index (κ2) is 6.01. The van der Waals surface area contributed by atoms with E-state index >= 15 is 0 Å². The first-order valence-corrected chi connectivity index (χ1v) is 8.61. The number of carbonyl (C=O) groups excluding carboxylic acids is 1. The monoisotopic (exact) mass is 296 g/mol. The molecule has 20 heavy (non-hydrogen) atoms. The summed E-state index contributed by atoms with van der Waals surface area (Å²) in [6.07, 6.45) is 6.59. The second-order valence-corrected chi connectivity index (χ2v) is 7.43. The number of aryl methyl sites for hydroxylation is 1. The van der Waals surface area contributed by atoms with Gasteiger partial charge >= 0.3 is 0 Å². The van der Waals surface area contributed by atoms with Crippen LogP contribution >= 0.6 is 0 Å². The molecule has 0 bridgehead atoms. The maximum absolute atomic E-state index is 12.3. The SMILES string of the molecule is Cc1ccncc1C(=O)CC1CCCN(S(C)(=O)=O)C1. The largest absolute Gasteiger partial charge is 0.294 e. The standard InChI is InChI=1S/C14H20N2O3S/c1-11-5-6-15-9-13(11)14(17)8-12-4-3-7-16(10-12)20(2,18)19/h5-6,9,12H,3-4,7-8,10H2,1-2H3. The molecule has 1 aromatic rings. The molecule has 1 aliphatic rings. The van der Waals surface area contributed by atoms with E-state index in [1.54, 1.807) is 12.4 Å². The Morgan fingerprint density at radius 1 is 1.50 bits per heavy atom. The highest BCUT2D eigenvalue weighted by molar-refractivity contribution is 7.88. The predicted molar refractivity (Wildman–Crippen MR) is 77.1 cm³/mol. The Kier molecular flexibility index (Phi) is 4.55. The van der Waals surface area contributed by atoms with Crippen molar-refractivity contribution in [2.45, 2.75) is 26.2 Å². The van der Waals surface area contributed by atoms with Gasteiger partial charge in [-0.3, -0.25) is 9.78 Å². The molecule has 1 fully saturated rings. The molecule has 0 spiro atoms. The highest BCUT2D eigenvalue weighted by Gasteiger charge is 2.27. The summed E-state index contributed by atoms with van der Waals surface area (Å²) in [5, 5.41) is 0. The summed E-state index contributed by atoms with van der Waals surface area (Å²) in [6.45, 7) is 2.90. The number of rotatable bonds is 4. The lowest BCUT2D eigenvalue weighted by molar-refractivity contribution is 0.0941. The number of sulfonamides is 1. The molecule has 0 saturated carbocycles. The third kappa shape index (κ3) is 3.64. The fourth-order valence-electron chi connectivity index (χ4n) is 2.62. The van der Waals surface area contributed by atoms with Gasteiger partial charge < -0.3 is 0 Å². The third-order valence-electron chi connectivity index (χ3n) is 3.76. The summed E-state index contributed by atoms with van der Waals surface area (Å²) < 4.78 is 24.6. The zero-order valence-corrected chi connectivity index (χ0v) is 12.7. The topological polar surface area (TPSA) is 67.3 Å². The fourth-order valence-corrected chi connectivity index (χ4v) is 3.57. The molecule has 2 rings (SSSR count). The summed E-state index contributed by atoms with van der Waals surface area (Å²) in [7, 11) is -3.16. The van der Waals surface area contributed by atoms with Crippen molar-refractivity contribution >= 4 is 15.8 Å². The minimum atomic E-state index is -3.16. The van der Waals surface area contributed by atoms with Crippen LogP contribution in [0, 0.1) is 12.8 Å². The van der Waals surface area contributed by atoms with Gasteiger partial charge in [0.2, 0.25) is 10.0 Å². The molecule has 0 radical (unpaired) electrons. The summed E-state index contributed by atoms with van der Waals surface area (Å²) in [4.78, 5) is 16.3. The number of piperidine rings is 1. The van der Waals surface area contributed by atoms with E-state index in [0.29, 0.717) is 25.1 Å². The van der Waals surface area contributed by atoms with Crippen molar-refractivity contribution in [2.24, 2.45) is 5.92 Å². The van der Waals surface area contributed by atoms with Crippen molar-refractivity contribution in [2.75, 3.05) is 19.3 Å². The Morgan fingerprint density at radius 2 is 2.25 bits per heavy atom.